The fourth-order valence-corrected chi connectivity index (χ4v) is 2.52. The molecule has 0 bridgehead atoms. The van der Waals surface area contributed by atoms with Crippen LogP contribution < -0.4 is 16.8 Å². The molecule has 0 spiro atoms. The summed E-state index contributed by atoms with van der Waals surface area (Å²) in [6.45, 7) is 2.07. The maximum absolute atomic E-state index is 6.02. The Bertz CT molecular complexity index is 575. The van der Waals surface area contributed by atoms with Gasteiger partial charge >= 0.3 is 0 Å². The van der Waals surface area contributed by atoms with Crippen molar-refractivity contribution in [1.29, 1.82) is 0 Å². The molecule has 0 amide bonds. The summed E-state index contributed by atoms with van der Waals surface area (Å²) >= 11 is 0. The van der Waals surface area contributed by atoms with E-state index in [0.717, 1.165) is 36.0 Å². The highest BCUT2D eigenvalue weighted by Crippen LogP contribution is 2.27. The number of hydrogen-bond donors (Lipinski definition) is 3. The summed E-state index contributed by atoms with van der Waals surface area (Å²) in [5.41, 5.74) is 12.7. The average molecular weight is 243 g/mol. The van der Waals surface area contributed by atoms with Gasteiger partial charge in [-0.3, -0.25) is 0 Å². The molecule has 1 unspecified atom stereocenters. The molecule has 0 saturated carbocycles. The van der Waals surface area contributed by atoms with E-state index in [1.165, 1.54) is 6.42 Å². The van der Waals surface area contributed by atoms with E-state index in [4.69, 9.17) is 11.5 Å². The summed E-state index contributed by atoms with van der Waals surface area (Å²) in [5, 5.41) is 5.29. The van der Waals surface area contributed by atoms with Crippen molar-refractivity contribution in [2.24, 2.45) is 0 Å². The fourth-order valence-electron chi connectivity index (χ4n) is 2.52. The third-order valence-electron chi connectivity index (χ3n) is 3.50. The Kier molecular flexibility index (Phi) is 2.76. The summed E-state index contributed by atoms with van der Waals surface area (Å²) in [4.78, 5) is 8.63. The minimum atomic E-state index is 0.447. The van der Waals surface area contributed by atoms with Gasteiger partial charge in [-0.25, -0.2) is 9.97 Å². The highest BCUT2D eigenvalue weighted by Gasteiger charge is 2.17. The lowest BCUT2D eigenvalue weighted by Gasteiger charge is -2.22. The van der Waals surface area contributed by atoms with E-state index in [2.05, 4.69) is 21.4 Å². The van der Waals surface area contributed by atoms with Crippen molar-refractivity contribution in [1.82, 2.24) is 15.3 Å². The van der Waals surface area contributed by atoms with Gasteiger partial charge in [-0.1, -0.05) is 0 Å². The number of nitrogens with zero attached hydrogens (tertiary/aromatic N) is 2. The van der Waals surface area contributed by atoms with Crippen LogP contribution in [-0.2, 0) is 0 Å². The first-order valence-electron chi connectivity index (χ1n) is 6.26. The molecule has 3 heterocycles. The normalized spacial score (nSPS) is 20.1. The van der Waals surface area contributed by atoms with Crippen molar-refractivity contribution >= 4 is 22.4 Å². The Morgan fingerprint density at radius 1 is 1.28 bits per heavy atom. The first-order valence-corrected chi connectivity index (χ1v) is 6.26. The molecule has 2 aromatic heterocycles. The van der Waals surface area contributed by atoms with Crippen molar-refractivity contribution in [3.63, 3.8) is 0 Å². The number of nitrogens with two attached hydrogens (primary N) is 2. The van der Waals surface area contributed by atoms with E-state index >= 15 is 0 Å². The van der Waals surface area contributed by atoms with Gasteiger partial charge in [-0.15, -0.1) is 0 Å². The van der Waals surface area contributed by atoms with Gasteiger partial charge in [0.1, 0.15) is 11.6 Å². The molecule has 0 aromatic carbocycles. The highest BCUT2D eigenvalue weighted by atomic mass is 14.9. The van der Waals surface area contributed by atoms with Crippen LogP contribution in [0.5, 0.6) is 0 Å². The second kappa shape index (κ2) is 4.42. The number of nitrogen functional groups attached to an aromatic ring is 2. The molecule has 2 aromatic rings. The second-order valence-electron chi connectivity index (χ2n) is 4.81. The van der Waals surface area contributed by atoms with E-state index in [0.29, 0.717) is 17.6 Å². The predicted octanol–water partition coefficient (Wildman–Crippen LogP) is 1.26. The van der Waals surface area contributed by atoms with Crippen molar-refractivity contribution in [3.8, 4) is 0 Å². The Balaban J connectivity index is 2.06. The van der Waals surface area contributed by atoms with Gasteiger partial charge in [0, 0.05) is 35.1 Å². The topological polar surface area (TPSA) is 89.9 Å². The number of nitrogens with one attached hydrogen (secondary N) is 1. The molecule has 1 atom stereocenters. The molecule has 1 aliphatic heterocycles. The zero-order valence-electron chi connectivity index (χ0n) is 10.2. The van der Waals surface area contributed by atoms with Crippen LogP contribution in [0.2, 0.25) is 0 Å². The van der Waals surface area contributed by atoms with Crippen LogP contribution >= 0.6 is 0 Å². The van der Waals surface area contributed by atoms with Gasteiger partial charge in [0.25, 0.3) is 0 Å². The Morgan fingerprint density at radius 2 is 2.17 bits per heavy atom. The smallest absolute Gasteiger partial charge is 0.131 e. The van der Waals surface area contributed by atoms with Crippen LogP contribution in [0.4, 0.5) is 11.6 Å². The lowest BCUT2D eigenvalue weighted by atomic mass is 9.94. The fraction of sp³-hybridized carbons (Fsp3) is 0.385. The van der Waals surface area contributed by atoms with Crippen LogP contribution in [0.1, 0.15) is 24.5 Å². The second-order valence-corrected chi connectivity index (χ2v) is 4.81. The number of fused-ring (bicyclic) bond motifs is 1. The number of anilines is 2. The maximum atomic E-state index is 6.02. The molecule has 18 heavy (non-hydrogen) atoms. The van der Waals surface area contributed by atoms with Gasteiger partial charge in [0.15, 0.2) is 0 Å². The lowest BCUT2D eigenvalue weighted by molar-refractivity contribution is 0.455. The first kappa shape index (κ1) is 11.2. The van der Waals surface area contributed by atoms with Gasteiger partial charge in [-0.2, -0.15) is 0 Å². The number of hydrogen-bond acceptors (Lipinski definition) is 5. The van der Waals surface area contributed by atoms with E-state index in [9.17, 15) is 0 Å². The molecule has 0 radical (unpaired) electrons. The summed E-state index contributed by atoms with van der Waals surface area (Å²) in [6, 6.07) is 3.86. The highest BCUT2D eigenvalue weighted by molar-refractivity contribution is 5.92. The van der Waals surface area contributed by atoms with Crippen LogP contribution in [0.3, 0.4) is 0 Å². The van der Waals surface area contributed by atoms with E-state index in [1.54, 1.807) is 12.3 Å². The molecular formula is C13H17N5. The number of aromatic nitrogens is 2. The maximum Gasteiger partial charge on any atom is 0.131 e. The third-order valence-corrected chi connectivity index (χ3v) is 3.50. The first-order chi connectivity index (χ1) is 8.74. The van der Waals surface area contributed by atoms with Gasteiger partial charge < -0.3 is 16.8 Å². The molecule has 1 aliphatic rings. The largest absolute Gasteiger partial charge is 0.384 e. The Hall–Kier alpha value is -1.88. The number of rotatable bonds is 1. The molecular weight excluding hydrogens is 226 g/mol. The summed E-state index contributed by atoms with van der Waals surface area (Å²) in [5.74, 6) is 1.47. The van der Waals surface area contributed by atoms with E-state index < -0.39 is 0 Å². The zero-order valence-corrected chi connectivity index (χ0v) is 10.2. The molecule has 5 heteroatoms. The summed E-state index contributed by atoms with van der Waals surface area (Å²) < 4.78 is 0. The number of piperidine rings is 1. The van der Waals surface area contributed by atoms with Crippen molar-refractivity contribution in [2.45, 2.75) is 18.8 Å². The van der Waals surface area contributed by atoms with E-state index in [-0.39, 0.29) is 0 Å². The average Bonchev–Trinajstić information content (AvgIpc) is 2.40. The molecule has 1 saturated heterocycles. The Labute approximate surface area is 106 Å². The Morgan fingerprint density at radius 3 is 2.94 bits per heavy atom. The summed E-state index contributed by atoms with van der Waals surface area (Å²) in [6.07, 6.45) is 4.11. The molecule has 94 valence electrons. The van der Waals surface area contributed by atoms with Crippen LogP contribution in [-0.4, -0.2) is 23.1 Å². The molecule has 0 aliphatic carbocycles. The van der Waals surface area contributed by atoms with Crippen molar-refractivity contribution in [2.75, 3.05) is 24.6 Å². The van der Waals surface area contributed by atoms with Crippen molar-refractivity contribution < 1.29 is 0 Å². The minimum absolute atomic E-state index is 0.447. The van der Waals surface area contributed by atoms with Gasteiger partial charge in [0.05, 0.1) is 0 Å². The standard InChI is InChI=1S/C13H17N5/c14-12-5-10-9(7-17-12)4-11(18-13(10)15)8-2-1-3-16-6-8/h4-5,7-8,16H,1-3,6H2,(H2,14,17)(H2,15,18). The molecule has 5 N–H and O–H groups in total. The predicted molar refractivity (Wildman–Crippen MR) is 73.2 cm³/mol. The lowest BCUT2D eigenvalue weighted by Crippen LogP contribution is -2.28. The van der Waals surface area contributed by atoms with Crippen LogP contribution in [0, 0.1) is 0 Å². The van der Waals surface area contributed by atoms with Crippen LogP contribution in [0.25, 0.3) is 10.8 Å². The van der Waals surface area contributed by atoms with Crippen LogP contribution in [0.15, 0.2) is 18.3 Å². The van der Waals surface area contributed by atoms with Gasteiger partial charge in [0.2, 0.25) is 0 Å². The van der Waals surface area contributed by atoms with Crippen molar-refractivity contribution in [3.05, 3.63) is 24.0 Å². The molecule has 3 rings (SSSR count). The SMILES string of the molecule is Nc1cc2c(N)nc(C3CCCNC3)cc2cn1. The monoisotopic (exact) mass is 243 g/mol. The van der Waals surface area contributed by atoms with Gasteiger partial charge in [-0.05, 0) is 31.5 Å². The summed E-state index contributed by atoms with van der Waals surface area (Å²) in [7, 11) is 0. The zero-order chi connectivity index (χ0) is 12.5. The third kappa shape index (κ3) is 1.97. The molecule has 5 nitrogen and oxygen atoms in total. The van der Waals surface area contributed by atoms with E-state index in [1.807, 2.05) is 0 Å². The quantitative estimate of drug-likeness (QED) is 0.701. The molecule has 1 fully saturated rings. The minimum Gasteiger partial charge on any atom is -0.384 e. The number of pyridine rings is 2.